The van der Waals surface area contributed by atoms with Crippen molar-refractivity contribution in [3.8, 4) is 28.6 Å². The lowest BCUT2D eigenvalue weighted by Gasteiger charge is -2.14. The average molecular weight is 702 g/mol. The molecule has 0 amide bonds. The highest BCUT2D eigenvalue weighted by Gasteiger charge is 2.22. The van der Waals surface area contributed by atoms with Crippen molar-refractivity contribution in [3.05, 3.63) is 188 Å². The fraction of sp³-hybridized carbons (Fsp3) is 0. The highest BCUT2D eigenvalue weighted by Crippen LogP contribution is 2.41. The van der Waals surface area contributed by atoms with Gasteiger partial charge >= 0.3 is 0 Å². The fourth-order valence-electron chi connectivity index (χ4n) is 8.94. The molecule has 0 N–H and O–H groups in total. The molecule has 0 aliphatic rings. The molecule has 5 heteroatoms. The van der Waals surface area contributed by atoms with Gasteiger partial charge in [-0.15, -0.1) is 0 Å². The van der Waals surface area contributed by atoms with Crippen LogP contribution >= 0.6 is 0 Å². The largest absolute Gasteiger partial charge is 0.309 e. The minimum atomic E-state index is 0.818. The maximum Gasteiger partial charge on any atom is 0.164 e. The van der Waals surface area contributed by atoms with Gasteiger partial charge in [0.2, 0.25) is 0 Å². The topological polar surface area (TPSA) is 40.6 Å². The van der Waals surface area contributed by atoms with Crippen LogP contribution in [0.5, 0.6) is 0 Å². The second-order valence-corrected chi connectivity index (χ2v) is 14.2. The summed E-state index contributed by atoms with van der Waals surface area (Å²) in [4.78, 5) is 10.2. The van der Waals surface area contributed by atoms with Gasteiger partial charge in [-0.1, -0.05) is 109 Å². The molecule has 0 spiro atoms. The molecule has 256 valence electrons. The first kappa shape index (κ1) is 30.0. The predicted octanol–water partition coefficient (Wildman–Crippen LogP) is 12.6. The summed E-state index contributed by atoms with van der Waals surface area (Å²) in [5.41, 5.74) is 10.9. The molecule has 55 heavy (non-hydrogen) atoms. The number of para-hydroxylation sites is 3. The van der Waals surface area contributed by atoms with Crippen LogP contribution in [0.25, 0.3) is 105 Å². The highest BCUT2D eigenvalue weighted by molar-refractivity contribution is 6.24. The molecule has 0 saturated heterocycles. The number of hydrogen-bond donors (Lipinski definition) is 0. The lowest BCUT2D eigenvalue weighted by atomic mass is 10.00. The smallest absolute Gasteiger partial charge is 0.164 e. The minimum absolute atomic E-state index is 0.818. The molecule has 4 heterocycles. The molecular formula is C50H31N5. The van der Waals surface area contributed by atoms with Crippen molar-refractivity contribution < 1.29 is 0 Å². The first-order valence-corrected chi connectivity index (χ1v) is 18.7. The molecule has 0 fully saturated rings. The van der Waals surface area contributed by atoms with Crippen molar-refractivity contribution in [2.24, 2.45) is 0 Å². The van der Waals surface area contributed by atoms with Gasteiger partial charge in [-0.3, -0.25) is 9.55 Å². The Balaban J connectivity index is 1.12. The van der Waals surface area contributed by atoms with Crippen molar-refractivity contribution in [2.45, 2.75) is 0 Å². The number of pyridine rings is 1. The number of fused-ring (bicyclic) bond motifs is 12. The van der Waals surface area contributed by atoms with Crippen LogP contribution < -0.4 is 0 Å². The van der Waals surface area contributed by atoms with Gasteiger partial charge in [0, 0.05) is 55.6 Å². The molecule has 0 aliphatic carbocycles. The Morgan fingerprint density at radius 1 is 0.327 bits per heavy atom. The van der Waals surface area contributed by atoms with Crippen LogP contribution in [0.3, 0.4) is 0 Å². The van der Waals surface area contributed by atoms with Gasteiger partial charge in [-0.25, -0.2) is 4.98 Å². The van der Waals surface area contributed by atoms with E-state index in [0.717, 1.165) is 50.4 Å². The number of aromatic nitrogens is 5. The van der Waals surface area contributed by atoms with Crippen LogP contribution in [0, 0.1) is 0 Å². The van der Waals surface area contributed by atoms with Crippen LogP contribution in [0.4, 0.5) is 0 Å². The van der Waals surface area contributed by atoms with E-state index in [1.165, 1.54) is 54.4 Å². The summed E-state index contributed by atoms with van der Waals surface area (Å²) in [6.07, 6.45) is 1.84. The molecule has 0 bridgehead atoms. The molecule has 12 aromatic rings. The maximum atomic E-state index is 5.36. The van der Waals surface area contributed by atoms with Gasteiger partial charge in [0.25, 0.3) is 0 Å². The van der Waals surface area contributed by atoms with E-state index in [1.807, 2.05) is 24.4 Å². The van der Waals surface area contributed by atoms with Gasteiger partial charge in [0.15, 0.2) is 5.82 Å². The fourth-order valence-corrected chi connectivity index (χ4v) is 8.94. The lowest BCUT2D eigenvalue weighted by Crippen LogP contribution is -2.00. The van der Waals surface area contributed by atoms with Crippen LogP contribution in [0.2, 0.25) is 0 Å². The Bertz CT molecular complexity index is 3460. The molecule has 0 radical (unpaired) electrons. The zero-order valence-electron chi connectivity index (χ0n) is 29.6. The van der Waals surface area contributed by atoms with Gasteiger partial charge in [-0.05, 0) is 83.6 Å². The zero-order chi connectivity index (χ0) is 36.0. The van der Waals surface area contributed by atoms with E-state index in [0.29, 0.717) is 0 Å². The van der Waals surface area contributed by atoms with Gasteiger partial charge in [-0.2, -0.15) is 0 Å². The van der Waals surface area contributed by atoms with Crippen molar-refractivity contribution in [3.63, 3.8) is 0 Å². The van der Waals surface area contributed by atoms with E-state index in [4.69, 9.17) is 9.97 Å². The van der Waals surface area contributed by atoms with Crippen molar-refractivity contribution >= 4 is 76.2 Å². The van der Waals surface area contributed by atoms with Crippen LogP contribution in [0.15, 0.2) is 188 Å². The third kappa shape index (κ3) is 4.29. The SMILES string of the molecule is c1ccc(-n2c3ccccc3c3cc4c(cc32)c2ccccc2n4-c2ccc(-n3c(-c4ccccn4)nc4c5ccccc5c5ccccc5c43)cc2)cc1. The van der Waals surface area contributed by atoms with E-state index < -0.39 is 0 Å². The van der Waals surface area contributed by atoms with E-state index in [1.54, 1.807) is 0 Å². The predicted molar refractivity (Wildman–Crippen MR) is 228 cm³/mol. The summed E-state index contributed by atoms with van der Waals surface area (Å²) in [6, 6.07) is 65.2. The second-order valence-electron chi connectivity index (χ2n) is 14.2. The Morgan fingerprint density at radius 2 is 0.800 bits per heavy atom. The number of benzene rings is 8. The summed E-state index contributed by atoms with van der Waals surface area (Å²) in [5, 5.41) is 9.63. The van der Waals surface area contributed by atoms with E-state index >= 15 is 0 Å². The van der Waals surface area contributed by atoms with Crippen molar-refractivity contribution in [1.82, 2.24) is 23.7 Å². The first-order valence-electron chi connectivity index (χ1n) is 18.7. The Morgan fingerprint density at radius 3 is 1.40 bits per heavy atom. The number of nitrogens with zero attached hydrogens (tertiary/aromatic N) is 5. The summed E-state index contributed by atoms with van der Waals surface area (Å²) < 4.78 is 7.10. The first-order chi connectivity index (χ1) is 27.3. The van der Waals surface area contributed by atoms with E-state index in [-0.39, 0.29) is 0 Å². The quantitative estimate of drug-likeness (QED) is 0.171. The second kappa shape index (κ2) is 11.5. The third-order valence-corrected chi connectivity index (χ3v) is 11.3. The monoisotopic (exact) mass is 701 g/mol. The summed E-state index contributed by atoms with van der Waals surface area (Å²) in [7, 11) is 0. The number of rotatable bonds is 4. The molecule has 0 unspecified atom stereocenters. The number of hydrogen-bond acceptors (Lipinski definition) is 2. The highest BCUT2D eigenvalue weighted by atomic mass is 15.1. The van der Waals surface area contributed by atoms with Gasteiger partial charge < -0.3 is 9.13 Å². The van der Waals surface area contributed by atoms with Crippen molar-refractivity contribution in [1.29, 1.82) is 0 Å². The average Bonchev–Trinajstić information content (AvgIpc) is 3.92. The van der Waals surface area contributed by atoms with Crippen LogP contribution in [0.1, 0.15) is 0 Å². The molecule has 4 aromatic heterocycles. The minimum Gasteiger partial charge on any atom is -0.309 e. The molecule has 0 aliphatic heterocycles. The lowest BCUT2D eigenvalue weighted by molar-refractivity contribution is 1.08. The molecule has 12 rings (SSSR count). The van der Waals surface area contributed by atoms with Gasteiger partial charge in [0.05, 0.1) is 33.1 Å². The summed E-state index contributed by atoms with van der Waals surface area (Å²) >= 11 is 0. The molecule has 5 nitrogen and oxygen atoms in total. The third-order valence-electron chi connectivity index (χ3n) is 11.3. The Kier molecular flexibility index (Phi) is 6.27. The zero-order valence-corrected chi connectivity index (χ0v) is 29.6. The number of imidazole rings is 1. The molecule has 0 saturated carbocycles. The van der Waals surface area contributed by atoms with Crippen molar-refractivity contribution in [2.75, 3.05) is 0 Å². The van der Waals surface area contributed by atoms with Crippen LogP contribution in [-0.4, -0.2) is 23.7 Å². The summed E-state index contributed by atoms with van der Waals surface area (Å²) in [6.45, 7) is 0. The van der Waals surface area contributed by atoms with Crippen LogP contribution in [-0.2, 0) is 0 Å². The molecule has 0 atom stereocenters. The Hall–Kier alpha value is -7.50. The van der Waals surface area contributed by atoms with E-state index in [2.05, 4.69) is 177 Å². The Labute approximate surface area is 315 Å². The molecule has 8 aromatic carbocycles. The normalized spacial score (nSPS) is 12.0. The standard InChI is InChI=1S/C50H31N5/c1-2-14-32(15-3-1)53-44-23-10-8-18-37(44)41-31-47-42(30-46(41)53)38-19-9-11-24-45(38)54(47)33-25-27-34(28-26-33)55-49-40-21-7-5-17-36(40)35-16-4-6-20-39(35)48(49)52-50(55)43-22-12-13-29-51-43/h1-31H. The summed E-state index contributed by atoms with van der Waals surface area (Å²) in [5.74, 6) is 0.818. The maximum absolute atomic E-state index is 5.36. The van der Waals surface area contributed by atoms with Gasteiger partial charge in [0.1, 0.15) is 5.69 Å². The van der Waals surface area contributed by atoms with E-state index in [9.17, 15) is 0 Å². The molecular weight excluding hydrogens is 671 g/mol.